The lowest BCUT2D eigenvalue weighted by Gasteiger charge is -2.21. The number of nitrogens with zero attached hydrogens (tertiary/aromatic N) is 1. The zero-order chi connectivity index (χ0) is 11.5. The molecule has 2 N–H and O–H groups in total. The van der Waals surface area contributed by atoms with Gasteiger partial charge in [0.05, 0.1) is 6.04 Å². The molecule has 0 radical (unpaired) electrons. The van der Waals surface area contributed by atoms with Crippen molar-refractivity contribution in [2.75, 3.05) is 11.4 Å². The molecule has 1 aromatic carbocycles. The Labute approximate surface area is 96.2 Å². The summed E-state index contributed by atoms with van der Waals surface area (Å²) in [6.07, 6.45) is 2.65. The predicted octanol–water partition coefficient (Wildman–Crippen LogP) is 1.70. The number of hydrogen-bond acceptors (Lipinski definition) is 2. The van der Waals surface area contributed by atoms with Gasteiger partial charge in [0.25, 0.3) is 0 Å². The Hall–Kier alpha value is -1.35. The molecule has 86 valence electrons. The van der Waals surface area contributed by atoms with Crippen LogP contribution in [0.3, 0.4) is 0 Å². The van der Waals surface area contributed by atoms with Gasteiger partial charge in [0.15, 0.2) is 0 Å². The molecule has 0 saturated carbocycles. The van der Waals surface area contributed by atoms with E-state index < -0.39 is 0 Å². The number of carbonyl (C=O) groups is 1. The van der Waals surface area contributed by atoms with E-state index in [9.17, 15) is 4.79 Å². The number of fused-ring (bicyclic) bond motifs is 1. The van der Waals surface area contributed by atoms with Crippen LogP contribution in [0.5, 0.6) is 0 Å². The van der Waals surface area contributed by atoms with Gasteiger partial charge in [0.1, 0.15) is 0 Å². The highest BCUT2D eigenvalue weighted by Crippen LogP contribution is 2.27. The van der Waals surface area contributed by atoms with Crippen molar-refractivity contribution in [2.45, 2.75) is 32.2 Å². The van der Waals surface area contributed by atoms with Crippen molar-refractivity contribution in [3.05, 3.63) is 29.8 Å². The average Bonchev–Trinajstić information content (AvgIpc) is 2.72. The lowest BCUT2D eigenvalue weighted by molar-refractivity contribution is -0.119. The number of hydrogen-bond donors (Lipinski definition) is 1. The largest absolute Gasteiger partial charge is 0.320 e. The molecule has 0 saturated heterocycles. The van der Waals surface area contributed by atoms with Crippen LogP contribution in [0.1, 0.15) is 25.3 Å². The Morgan fingerprint density at radius 3 is 3.00 bits per heavy atom. The van der Waals surface area contributed by atoms with Gasteiger partial charge in [0.2, 0.25) is 5.91 Å². The SMILES string of the molecule is CCC[C@@H](N)C(=O)N1CCc2ccccc21. The second-order valence-electron chi connectivity index (χ2n) is 4.26. The molecule has 0 unspecified atom stereocenters. The summed E-state index contributed by atoms with van der Waals surface area (Å²) >= 11 is 0. The van der Waals surface area contributed by atoms with E-state index in [1.807, 2.05) is 30.0 Å². The number of para-hydroxylation sites is 1. The minimum atomic E-state index is -0.351. The van der Waals surface area contributed by atoms with E-state index in [1.165, 1.54) is 5.56 Å². The van der Waals surface area contributed by atoms with E-state index in [-0.39, 0.29) is 11.9 Å². The van der Waals surface area contributed by atoms with Crippen molar-refractivity contribution in [3.63, 3.8) is 0 Å². The van der Waals surface area contributed by atoms with Gasteiger partial charge >= 0.3 is 0 Å². The van der Waals surface area contributed by atoms with Gasteiger partial charge < -0.3 is 10.6 Å². The first kappa shape index (κ1) is 11.1. The van der Waals surface area contributed by atoms with Crippen LogP contribution in [-0.4, -0.2) is 18.5 Å². The minimum absolute atomic E-state index is 0.0619. The molecule has 2 rings (SSSR count). The highest BCUT2D eigenvalue weighted by atomic mass is 16.2. The third kappa shape index (κ3) is 1.95. The van der Waals surface area contributed by atoms with E-state index in [4.69, 9.17) is 5.73 Å². The van der Waals surface area contributed by atoms with Crippen LogP contribution in [0.15, 0.2) is 24.3 Å². The molecule has 1 aliphatic rings. The van der Waals surface area contributed by atoms with Crippen molar-refractivity contribution >= 4 is 11.6 Å². The number of benzene rings is 1. The summed E-state index contributed by atoms with van der Waals surface area (Å²) in [4.78, 5) is 13.9. The fourth-order valence-corrected chi connectivity index (χ4v) is 2.20. The lowest BCUT2D eigenvalue weighted by Crippen LogP contribution is -2.43. The van der Waals surface area contributed by atoms with E-state index in [0.29, 0.717) is 0 Å². The van der Waals surface area contributed by atoms with E-state index in [1.54, 1.807) is 0 Å². The number of rotatable bonds is 3. The summed E-state index contributed by atoms with van der Waals surface area (Å²) in [6, 6.07) is 7.71. The van der Waals surface area contributed by atoms with Crippen molar-refractivity contribution in [3.8, 4) is 0 Å². The van der Waals surface area contributed by atoms with Gasteiger partial charge in [-0.25, -0.2) is 0 Å². The van der Waals surface area contributed by atoms with E-state index in [2.05, 4.69) is 6.07 Å². The van der Waals surface area contributed by atoms with Crippen molar-refractivity contribution in [1.82, 2.24) is 0 Å². The number of amides is 1. The van der Waals surface area contributed by atoms with Crippen LogP contribution in [0.25, 0.3) is 0 Å². The molecular formula is C13H18N2O. The van der Waals surface area contributed by atoms with Crippen LogP contribution >= 0.6 is 0 Å². The molecule has 1 atom stereocenters. The maximum atomic E-state index is 12.1. The maximum Gasteiger partial charge on any atom is 0.243 e. The zero-order valence-electron chi connectivity index (χ0n) is 9.65. The predicted molar refractivity (Wildman–Crippen MR) is 65.4 cm³/mol. The highest BCUT2D eigenvalue weighted by Gasteiger charge is 2.27. The van der Waals surface area contributed by atoms with Crippen LogP contribution in [0, 0.1) is 0 Å². The van der Waals surface area contributed by atoms with Gasteiger partial charge in [-0.1, -0.05) is 31.5 Å². The van der Waals surface area contributed by atoms with Crippen molar-refractivity contribution in [1.29, 1.82) is 0 Å². The summed E-state index contributed by atoms with van der Waals surface area (Å²) in [5.74, 6) is 0.0619. The third-order valence-electron chi connectivity index (χ3n) is 3.07. The van der Waals surface area contributed by atoms with Gasteiger partial charge in [-0.2, -0.15) is 0 Å². The Kier molecular flexibility index (Phi) is 3.25. The third-order valence-corrected chi connectivity index (χ3v) is 3.07. The van der Waals surface area contributed by atoms with E-state index in [0.717, 1.165) is 31.5 Å². The Balaban J connectivity index is 2.16. The van der Waals surface area contributed by atoms with Gasteiger partial charge in [-0.3, -0.25) is 4.79 Å². The van der Waals surface area contributed by atoms with Crippen molar-refractivity contribution in [2.24, 2.45) is 5.73 Å². The van der Waals surface area contributed by atoms with Gasteiger partial charge in [0, 0.05) is 12.2 Å². The monoisotopic (exact) mass is 218 g/mol. The summed E-state index contributed by atoms with van der Waals surface area (Å²) in [7, 11) is 0. The second-order valence-corrected chi connectivity index (χ2v) is 4.26. The number of anilines is 1. The molecule has 3 nitrogen and oxygen atoms in total. The van der Waals surface area contributed by atoms with Gasteiger partial charge in [-0.05, 0) is 24.5 Å². The summed E-state index contributed by atoms with van der Waals surface area (Å²) in [5, 5.41) is 0. The molecule has 1 heterocycles. The normalized spacial score (nSPS) is 16.0. The molecule has 0 fully saturated rings. The van der Waals surface area contributed by atoms with Crippen molar-refractivity contribution < 1.29 is 4.79 Å². The van der Waals surface area contributed by atoms with Crippen LogP contribution in [0.4, 0.5) is 5.69 Å². The van der Waals surface area contributed by atoms with Crippen LogP contribution < -0.4 is 10.6 Å². The second kappa shape index (κ2) is 4.66. The molecule has 0 aromatic heterocycles. The first-order valence-electron chi connectivity index (χ1n) is 5.89. The fourth-order valence-electron chi connectivity index (χ4n) is 2.20. The van der Waals surface area contributed by atoms with E-state index >= 15 is 0 Å². The number of nitrogens with two attached hydrogens (primary N) is 1. The van der Waals surface area contributed by atoms with Gasteiger partial charge in [-0.15, -0.1) is 0 Å². The van der Waals surface area contributed by atoms with Crippen LogP contribution in [-0.2, 0) is 11.2 Å². The lowest BCUT2D eigenvalue weighted by atomic mass is 10.1. The average molecular weight is 218 g/mol. The minimum Gasteiger partial charge on any atom is -0.320 e. The molecule has 0 bridgehead atoms. The fraction of sp³-hybridized carbons (Fsp3) is 0.462. The standard InChI is InChI=1S/C13H18N2O/c1-2-5-11(14)13(16)15-9-8-10-6-3-4-7-12(10)15/h3-4,6-7,11H,2,5,8-9,14H2,1H3/t11-/m1/s1. The Bertz CT molecular complexity index is 389. The Morgan fingerprint density at radius 2 is 2.25 bits per heavy atom. The molecule has 16 heavy (non-hydrogen) atoms. The molecule has 0 spiro atoms. The topological polar surface area (TPSA) is 46.3 Å². The Morgan fingerprint density at radius 1 is 1.50 bits per heavy atom. The molecule has 0 aliphatic carbocycles. The molecule has 3 heteroatoms. The maximum absolute atomic E-state index is 12.1. The summed E-state index contributed by atoms with van der Waals surface area (Å²) in [6.45, 7) is 2.82. The molecule has 1 aliphatic heterocycles. The zero-order valence-corrected chi connectivity index (χ0v) is 9.65. The first-order valence-corrected chi connectivity index (χ1v) is 5.89. The number of carbonyl (C=O) groups excluding carboxylic acids is 1. The van der Waals surface area contributed by atoms with Crippen LogP contribution in [0.2, 0.25) is 0 Å². The first-order chi connectivity index (χ1) is 7.74. The smallest absolute Gasteiger partial charge is 0.243 e. The molecular weight excluding hydrogens is 200 g/mol. The quantitative estimate of drug-likeness (QED) is 0.839. The highest BCUT2D eigenvalue weighted by molar-refractivity contribution is 5.98. The summed E-state index contributed by atoms with van der Waals surface area (Å²) in [5.41, 5.74) is 8.16. The molecule has 1 aromatic rings. The molecule has 1 amide bonds. The summed E-state index contributed by atoms with van der Waals surface area (Å²) < 4.78 is 0.